The molecule has 1 spiro atoms. The molecule has 1 heterocycles. The Kier molecular flexibility index (Phi) is 3.50. The zero-order valence-corrected chi connectivity index (χ0v) is 10.2. The van der Waals surface area contributed by atoms with Gasteiger partial charge in [-0.3, -0.25) is 0 Å². The van der Waals surface area contributed by atoms with Crippen molar-refractivity contribution >= 4 is 0 Å². The second-order valence-corrected chi connectivity index (χ2v) is 5.60. The molecule has 1 nitrogen and oxygen atoms in total. The maximum absolute atomic E-state index is 6.12. The zero-order valence-electron chi connectivity index (χ0n) is 10.2. The average molecular weight is 208 g/mol. The Balaban J connectivity index is 2.01. The first-order valence-electron chi connectivity index (χ1n) is 6.51. The van der Waals surface area contributed by atoms with Gasteiger partial charge in [0.1, 0.15) is 0 Å². The second kappa shape index (κ2) is 4.69. The number of allylic oxidation sites excluding steroid dienone is 1. The van der Waals surface area contributed by atoms with Crippen molar-refractivity contribution in [3.8, 4) is 0 Å². The summed E-state index contributed by atoms with van der Waals surface area (Å²) in [5, 5.41) is 0. The van der Waals surface area contributed by atoms with Gasteiger partial charge in [0, 0.05) is 0 Å². The summed E-state index contributed by atoms with van der Waals surface area (Å²) in [6, 6.07) is 0. The van der Waals surface area contributed by atoms with E-state index in [4.69, 9.17) is 4.74 Å². The number of rotatable bonds is 1. The highest BCUT2D eigenvalue weighted by Gasteiger charge is 2.37. The van der Waals surface area contributed by atoms with Gasteiger partial charge < -0.3 is 4.74 Å². The molecular formula is C14H24O. The van der Waals surface area contributed by atoms with Gasteiger partial charge in [0.15, 0.2) is 0 Å². The molecule has 1 saturated carbocycles. The molecule has 1 aliphatic carbocycles. The van der Waals surface area contributed by atoms with E-state index in [9.17, 15) is 0 Å². The first-order valence-corrected chi connectivity index (χ1v) is 6.51. The molecule has 0 amide bonds. The van der Waals surface area contributed by atoms with Gasteiger partial charge in [-0.1, -0.05) is 32.4 Å². The molecule has 0 aromatic heterocycles. The summed E-state index contributed by atoms with van der Waals surface area (Å²) in [6.07, 6.45) is 12.3. The minimum Gasteiger partial charge on any atom is -0.371 e. The summed E-state index contributed by atoms with van der Waals surface area (Å²) in [5.41, 5.74) is 0.233. The highest BCUT2D eigenvalue weighted by molar-refractivity contribution is 4.96. The molecule has 2 aliphatic rings. The van der Waals surface area contributed by atoms with Gasteiger partial charge in [0.25, 0.3) is 0 Å². The van der Waals surface area contributed by atoms with Crippen LogP contribution in [0.15, 0.2) is 12.2 Å². The van der Waals surface area contributed by atoms with E-state index in [0.717, 1.165) is 18.4 Å². The van der Waals surface area contributed by atoms with E-state index in [2.05, 4.69) is 26.0 Å². The van der Waals surface area contributed by atoms with Crippen LogP contribution in [0.2, 0.25) is 0 Å². The fraction of sp³-hybridized carbons (Fsp3) is 0.857. The van der Waals surface area contributed by atoms with Crippen LogP contribution in [0.4, 0.5) is 0 Å². The largest absolute Gasteiger partial charge is 0.371 e. The fourth-order valence-corrected chi connectivity index (χ4v) is 3.12. The quantitative estimate of drug-likeness (QED) is 0.593. The number of hydrogen-bond donors (Lipinski definition) is 0. The molecule has 0 aromatic carbocycles. The predicted octanol–water partition coefficient (Wildman–Crippen LogP) is 3.94. The normalized spacial score (nSPS) is 37.1. The second-order valence-electron chi connectivity index (χ2n) is 5.60. The van der Waals surface area contributed by atoms with Crippen molar-refractivity contribution in [1.29, 1.82) is 0 Å². The third-order valence-corrected chi connectivity index (χ3v) is 4.20. The molecule has 0 aromatic rings. The van der Waals surface area contributed by atoms with Crippen LogP contribution in [-0.4, -0.2) is 12.2 Å². The highest BCUT2D eigenvalue weighted by Crippen LogP contribution is 2.42. The smallest absolute Gasteiger partial charge is 0.0692 e. The molecule has 2 rings (SSSR count). The van der Waals surface area contributed by atoms with Crippen LogP contribution in [0.1, 0.15) is 52.4 Å². The molecule has 0 saturated heterocycles. The standard InChI is InChI=1S/C14H24O/c1-12(2)13-7-6-9-14(11-13)8-4-3-5-10-15-14/h3,5,12-13H,4,6-11H2,1-2H3. The van der Waals surface area contributed by atoms with Crippen LogP contribution < -0.4 is 0 Å². The lowest BCUT2D eigenvalue weighted by molar-refractivity contribution is -0.0789. The molecule has 0 radical (unpaired) electrons. The summed E-state index contributed by atoms with van der Waals surface area (Å²) >= 11 is 0. The lowest BCUT2D eigenvalue weighted by Crippen LogP contribution is -2.39. The third-order valence-electron chi connectivity index (χ3n) is 4.20. The zero-order chi connectivity index (χ0) is 10.7. The molecule has 86 valence electrons. The Bertz CT molecular complexity index is 219. The Labute approximate surface area is 93.9 Å². The molecule has 1 aliphatic heterocycles. The van der Waals surface area contributed by atoms with Crippen molar-refractivity contribution in [3.05, 3.63) is 12.2 Å². The third kappa shape index (κ3) is 2.63. The van der Waals surface area contributed by atoms with Gasteiger partial charge in [-0.25, -0.2) is 0 Å². The van der Waals surface area contributed by atoms with E-state index in [1.165, 1.54) is 38.5 Å². The topological polar surface area (TPSA) is 9.23 Å². The summed E-state index contributed by atoms with van der Waals surface area (Å²) in [6.45, 7) is 5.56. The van der Waals surface area contributed by atoms with Gasteiger partial charge in [-0.05, 0) is 43.9 Å². The minimum absolute atomic E-state index is 0.233. The number of hydrogen-bond acceptors (Lipinski definition) is 1. The first-order chi connectivity index (χ1) is 7.22. The van der Waals surface area contributed by atoms with E-state index in [-0.39, 0.29) is 5.60 Å². The Hall–Kier alpha value is -0.300. The molecule has 1 heteroatoms. The average Bonchev–Trinajstić information content (AvgIpc) is 2.44. The van der Waals surface area contributed by atoms with E-state index in [1.54, 1.807) is 0 Å². The Morgan fingerprint density at radius 2 is 2.13 bits per heavy atom. The van der Waals surface area contributed by atoms with Gasteiger partial charge >= 0.3 is 0 Å². The number of ether oxygens (including phenoxy) is 1. The molecule has 15 heavy (non-hydrogen) atoms. The van der Waals surface area contributed by atoms with E-state index >= 15 is 0 Å². The van der Waals surface area contributed by atoms with Gasteiger partial charge in [-0.15, -0.1) is 0 Å². The SMILES string of the molecule is CC(C)C1CCCC2(CCC=CCO2)C1. The van der Waals surface area contributed by atoms with Crippen LogP contribution in [0.25, 0.3) is 0 Å². The summed E-state index contributed by atoms with van der Waals surface area (Å²) < 4.78 is 6.12. The summed E-state index contributed by atoms with van der Waals surface area (Å²) in [4.78, 5) is 0. The predicted molar refractivity (Wildman–Crippen MR) is 63.9 cm³/mol. The van der Waals surface area contributed by atoms with Crippen molar-refractivity contribution in [3.63, 3.8) is 0 Å². The molecule has 0 N–H and O–H groups in total. The van der Waals surface area contributed by atoms with Crippen LogP contribution >= 0.6 is 0 Å². The van der Waals surface area contributed by atoms with Crippen molar-refractivity contribution < 1.29 is 4.74 Å². The fourth-order valence-electron chi connectivity index (χ4n) is 3.12. The monoisotopic (exact) mass is 208 g/mol. The van der Waals surface area contributed by atoms with Crippen LogP contribution in [0.3, 0.4) is 0 Å². The molecule has 0 bridgehead atoms. The maximum atomic E-state index is 6.12. The van der Waals surface area contributed by atoms with Crippen LogP contribution in [0.5, 0.6) is 0 Å². The van der Waals surface area contributed by atoms with Crippen molar-refractivity contribution in [2.45, 2.75) is 58.0 Å². The summed E-state index contributed by atoms with van der Waals surface area (Å²) in [7, 11) is 0. The van der Waals surface area contributed by atoms with Crippen LogP contribution in [-0.2, 0) is 4.74 Å². The van der Waals surface area contributed by atoms with E-state index in [1.807, 2.05) is 0 Å². The minimum atomic E-state index is 0.233. The van der Waals surface area contributed by atoms with Crippen molar-refractivity contribution in [2.75, 3.05) is 6.61 Å². The molecular weight excluding hydrogens is 184 g/mol. The molecule has 1 fully saturated rings. The highest BCUT2D eigenvalue weighted by atomic mass is 16.5. The van der Waals surface area contributed by atoms with E-state index < -0.39 is 0 Å². The molecule has 2 unspecified atom stereocenters. The van der Waals surface area contributed by atoms with Gasteiger partial charge in [-0.2, -0.15) is 0 Å². The lowest BCUT2D eigenvalue weighted by Gasteiger charge is -2.41. The molecule has 2 atom stereocenters. The first kappa shape index (κ1) is 11.2. The maximum Gasteiger partial charge on any atom is 0.0692 e. The van der Waals surface area contributed by atoms with Crippen molar-refractivity contribution in [2.24, 2.45) is 11.8 Å². The Morgan fingerprint density at radius 1 is 1.27 bits per heavy atom. The Morgan fingerprint density at radius 3 is 2.93 bits per heavy atom. The lowest BCUT2D eigenvalue weighted by atomic mass is 9.72. The van der Waals surface area contributed by atoms with Crippen LogP contribution in [0, 0.1) is 11.8 Å². The van der Waals surface area contributed by atoms with Gasteiger partial charge in [0.05, 0.1) is 12.2 Å². The van der Waals surface area contributed by atoms with Gasteiger partial charge in [0.2, 0.25) is 0 Å². The van der Waals surface area contributed by atoms with Crippen molar-refractivity contribution in [1.82, 2.24) is 0 Å². The summed E-state index contributed by atoms with van der Waals surface area (Å²) in [5.74, 6) is 1.71. The van der Waals surface area contributed by atoms with E-state index in [0.29, 0.717) is 0 Å².